The maximum absolute atomic E-state index is 10.8. The van der Waals surface area contributed by atoms with E-state index in [9.17, 15) is 9.59 Å². The van der Waals surface area contributed by atoms with Crippen LogP contribution in [0, 0.1) is 13.8 Å². The van der Waals surface area contributed by atoms with Gasteiger partial charge in [0, 0.05) is 6.54 Å². The second-order valence-corrected chi connectivity index (χ2v) is 3.84. The Morgan fingerprint density at radius 3 is 2.65 bits per heavy atom. The Morgan fingerprint density at radius 1 is 1.35 bits per heavy atom. The fraction of sp³-hybridized carbons (Fsp3) is 0.385. The second-order valence-electron chi connectivity index (χ2n) is 3.84. The number of carbonyl (C=O) groups is 2. The number of carbonyl (C=O) groups excluding carboxylic acids is 2. The van der Waals surface area contributed by atoms with E-state index in [1.807, 2.05) is 26.0 Å². The molecule has 0 aliphatic rings. The number of hydrogen-bond donors (Lipinski definition) is 1. The number of nitrogens with one attached hydrogen (secondary N) is 1. The van der Waals surface area contributed by atoms with E-state index in [4.69, 9.17) is 4.74 Å². The van der Waals surface area contributed by atoms with Crippen LogP contribution in [0.1, 0.15) is 16.7 Å². The molecule has 0 atom stereocenters. The van der Waals surface area contributed by atoms with Gasteiger partial charge in [0.2, 0.25) is 6.29 Å². The Bertz CT molecular complexity index is 427. The molecule has 92 valence electrons. The summed E-state index contributed by atoms with van der Waals surface area (Å²) in [6.07, 6.45) is 0.988. The zero-order valence-corrected chi connectivity index (χ0v) is 10.4. The second kappa shape index (κ2) is 6.03. The Kier molecular flexibility index (Phi) is 4.69. The van der Waals surface area contributed by atoms with Gasteiger partial charge in [0.25, 0.3) is 5.91 Å². The molecule has 0 heterocycles. The molecule has 1 N–H and O–H groups in total. The van der Waals surface area contributed by atoms with Gasteiger partial charge in [-0.3, -0.25) is 9.59 Å². The van der Waals surface area contributed by atoms with Crippen LogP contribution in [0.2, 0.25) is 0 Å². The number of hydrogen-bond acceptors (Lipinski definition) is 3. The Balaban J connectivity index is 2.69. The van der Waals surface area contributed by atoms with Crippen molar-refractivity contribution in [2.24, 2.45) is 0 Å². The fourth-order valence-electron chi connectivity index (χ4n) is 1.71. The van der Waals surface area contributed by atoms with Crippen LogP contribution >= 0.6 is 0 Å². The summed E-state index contributed by atoms with van der Waals surface area (Å²) in [4.78, 5) is 20.9. The molecule has 0 spiro atoms. The maximum atomic E-state index is 10.8. The summed E-state index contributed by atoms with van der Waals surface area (Å²) in [5, 5.41) is 2.52. The third kappa shape index (κ3) is 3.31. The quantitative estimate of drug-likeness (QED) is 0.615. The highest BCUT2D eigenvalue weighted by atomic mass is 16.5. The van der Waals surface area contributed by atoms with Crippen molar-refractivity contribution in [1.82, 2.24) is 5.32 Å². The van der Waals surface area contributed by atoms with E-state index < -0.39 is 5.91 Å². The molecule has 1 amide bonds. The average molecular weight is 235 g/mol. The lowest BCUT2D eigenvalue weighted by atomic mass is 10.00. The molecule has 4 nitrogen and oxygen atoms in total. The van der Waals surface area contributed by atoms with E-state index in [2.05, 4.69) is 5.32 Å². The topological polar surface area (TPSA) is 55.4 Å². The van der Waals surface area contributed by atoms with Crippen LogP contribution in [-0.2, 0) is 16.0 Å². The molecular weight excluding hydrogens is 218 g/mol. The monoisotopic (exact) mass is 235 g/mol. The highest BCUT2D eigenvalue weighted by molar-refractivity contribution is 6.23. The van der Waals surface area contributed by atoms with Crippen molar-refractivity contribution in [3.63, 3.8) is 0 Å². The molecule has 0 bridgehead atoms. The minimum atomic E-state index is -0.576. The lowest BCUT2D eigenvalue weighted by Gasteiger charge is -2.12. The van der Waals surface area contributed by atoms with Crippen molar-refractivity contribution in [3.05, 3.63) is 28.8 Å². The lowest BCUT2D eigenvalue weighted by Crippen LogP contribution is -2.26. The molecule has 1 aromatic rings. The summed E-state index contributed by atoms with van der Waals surface area (Å²) in [5.74, 6) is 0.288. The van der Waals surface area contributed by atoms with Gasteiger partial charge in [-0.15, -0.1) is 0 Å². The van der Waals surface area contributed by atoms with Crippen LogP contribution in [0.5, 0.6) is 5.75 Å². The molecule has 0 saturated heterocycles. The van der Waals surface area contributed by atoms with E-state index in [1.165, 1.54) is 0 Å². The molecule has 0 unspecified atom stereocenters. The number of methoxy groups -OCH3 is 1. The van der Waals surface area contributed by atoms with Gasteiger partial charge in [-0.2, -0.15) is 0 Å². The lowest BCUT2D eigenvalue weighted by molar-refractivity contribution is -0.131. The van der Waals surface area contributed by atoms with Gasteiger partial charge < -0.3 is 10.1 Å². The smallest absolute Gasteiger partial charge is 0.284 e. The van der Waals surface area contributed by atoms with Gasteiger partial charge in [-0.05, 0) is 43.0 Å². The molecule has 4 heteroatoms. The first-order chi connectivity index (χ1) is 8.10. The number of ether oxygens (including phenoxy) is 1. The highest BCUT2D eigenvalue weighted by Crippen LogP contribution is 2.23. The summed E-state index contributed by atoms with van der Waals surface area (Å²) in [7, 11) is 1.64. The predicted molar refractivity (Wildman–Crippen MR) is 65.2 cm³/mol. The summed E-state index contributed by atoms with van der Waals surface area (Å²) >= 11 is 0. The van der Waals surface area contributed by atoms with Crippen LogP contribution in [0.4, 0.5) is 0 Å². The molecule has 0 radical (unpaired) electrons. The first-order valence-corrected chi connectivity index (χ1v) is 5.46. The fourth-order valence-corrected chi connectivity index (χ4v) is 1.71. The average Bonchev–Trinajstić information content (AvgIpc) is 2.34. The minimum absolute atomic E-state index is 0.284. The van der Waals surface area contributed by atoms with E-state index in [0.29, 0.717) is 13.0 Å². The third-order valence-corrected chi connectivity index (χ3v) is 2.87. The first kappa shape index (κ1) is 13.2. The Hall–Kier alpha value is -1.84. The van der Waals surface area contributed by atoms with E-state index in [0.717, 1.165) is 22.4 Å². The standard InChI is InChI=1S/C13H17NO3/c1-9-10(2)12(17-3)5-4-11(9)6-7-14-13(16)8-15/h4-5,8H,6-7H2,1-3H3,(H,14,16). The molecule has 0 aromatic heterocycles. The number of amides is 1. The van der Waals surface area contributed by atoms with E-state index >= 15 is 0 Å². The number of benzene rings is 1. The zero-order valence-electron chi connectivity index (χ0n) is 10.4. The number of rotatable bonds is 5. The summed E-state index contributed by atoms with van der Waals surface area (Å²) < 4.78 is 5.22. The van der Waals surface area contributed by atoms with Crippen LogP contribution < -0.4 is 10.1 Å². The van der Waals surface area contributed by atoms with Crippen molar-refractivity contribution in [3.8, 4) is 5.75 Å². The van der Waals surface area contributed by atoms with Gasteiger partial charge in [0.15, 0.2) is 0 Å². The van der Waals surface area contributed by atoms with Gasteiger partial charge in [-0.1, -0.05) is 6.07 Å². The van der Waals surface area contributed by atoms with Crippen LogP contribution in [0.3, 0.4) is 0 Å². The summed E-state index contributed by atoms with van der Waals surface area (Å²) in [6.45, 7) is 4.49. The molecule has 0 aliphatic heterocycles. The largest absolute Gasteiger partial charge is 0.496 e. The van der Waals surface area contributed by atoms with Gasteiger partial charge in [0.05, 0.1) is 7.11 Å². The maximum Gasteiger partial charge on any atom is 0.284 e. The Labute approximate surface area is 101 Å². The van der Waals surface area contributed by atoms with Crippen molar-refractivity contribution < 1.29 is 14.3 Å². The van der Waals surface area contributed by atoms with E-state index in [-0.39, 0.29) is 6.29 Å². The molecule has 0 fully saturated rings. The summed E-state index contributed by atoms with van der Waals surface area (Å²) in [6, 6.07) is 3.90. The molecule has 0 aliphatic carbocycles. The molecule has 1 aromatic carbocycles. The van der Waals surface area contributed by atoms with E-state index in [1.54, 1.807) is 7.11 Å². The highest BCUT2D eigenvalue weighted by Gasteiger charge is 2.06. The Morgan fingerprint density at radius 2 is 2.06 bits per heavy atom. The SMILES string of the molecule is COc1ccc(CCNC(=O)C=O)c(C)c1C. The first-order valence-electron chi connectivity index (χ1n) is 5.46. The van der Waals surface area contributed by atoms with Crippen molar-refractivity contribution in [2.75, 3.05) is 13.7 Å². The van der Waals surface area contributed by atoms with Crippen LogP contribution in [0.25, 0.3) is 0 Å². The predicted octanol–water partition coefficient (Wildman–Crippen LogP) is 1.17. The molecular formula is C13H17NO3. The summed E-state index contributed by atoms with van der Waals surface area (Å²) in [5.41, 5.74) is 3.41. The molecule has 1 rings (SSSR count). The van der Waals surface area contributed by atoms with Crippen LogP contribution in [-0.4, -0.2) is 25.8 Å². The van der Waals surface area contributed by atoms with Crippen LogP contribution in [0.15, 0.2) is 12.1 Å². The minimum Gasteiger partial charge on any atom is -0.496 e. The third-order valence-electron chi connectivity index (χ3n) is 2.87. The van der Waals surface area contributed by atoms with Crippen molar-refractivity contribution in [1.29, 1.82) is 0 Å². The normalized spacial score (nSPS) is 9.82. The van der Waals surface area contributed by atoms with Crippen molar-refractivity contribution >= 4 is 12.2 Å². The van der Waals surface area contributed by atoms with Crippen molar-refractivity contribution in [2.45, 2.75) is 20.3 Å². The number of aldehydes is 1. The molecule has 0 saturated carbocycles. The van der Waals surface area contributed by atoms with Gasteiger partial charge in [0.1, 0.15) is 5.75 Å². The van der Waals surface area contributed by atoms with Gasteiger partial charge >= 0.3 is 0 Å². The zero-order chi connectivity index (χ0) is 12.8. The molecule has 17 heavy (non-hydrogen) atoms. The van der Waals surface area contributed by atoms with Gasteiger partial charge in [-0.25, -0.2) is 0 Å².